The number of aryl methyl sites for hydroxylation is 1. The lowest BCUT2D eigenvalue weighted by Crippen LogP contribution is -2.28. The third kappa shape index (κ3) is 2.51. The summed E-state index contributed by atoms with van der Waals surface area (Å²) in [6, 6.07) is 10.8. The first kappa shape index (κ1) is 15.0. The molecular weight excluding hydrogens is 328 g/mol. The van der Waals surface area contributed by atoms with Crippen LogP contribution in [-0.4, -0.2) is 11.1 Å². The van der Waals surface area contributed by atoms with Gasteiger partial charge < -0.3 is 14.3 Å². The molecule has 1 amide bonds. The van der Waals surface area contributed by atoms with Gasteiger partial charge in [-0.25, -0.2) is 0 Å². The van der Waals surface area contributed by atoms with E-state index in [2.05, 4.69) is 10.5 Å². The highest BCUT2D eigenvalue weighted by atomic mass is 35.5. The van der Waals surface area contributed by atoms with E-state index in [0.717, 1.165) is 18.4 Å². The predicted octanol–water partition coefficient (Wildman–Crippen LogP) is 4.57. The molecule has 3 aromatic rings. The van der Waals surface area contributed by atoms with Crippen LogP contribution in [0.2, 0.25) is 5.02 Å². The second-order valence-electron chi connectivity index (χ2n) is 6.05. The number of hydrogen-bond acceptors (Lipinski definition) is 4. The maximum atomic E-state index is 12.8. The summed E-state index contributed by atoms with van der Waals surface area (Å²) in [5, 5.41) is 7.64. The van der Waals surface area contributed by atoms with Crippen molar-refractivity contribution >= 4 is 23.2 Å². The second-order valence-corrected chi connectivity index (χ2v) is 6.49. The zero-order chi connectivity index (χ0) is 16.7. The fourth-order valence-electron chi connectivity index (χ4n) is 2.73. The minimum Gasteiger partial charge on any atom is -0.461 e. The molecule has 0 aliphatic heterocycles. The highest BCUT2D eigenvalue weighted by Gasteiger charge is 2.54. The molecule has 5 nitrogen and oxygen atoms in total. The van der Waals surface area contributed by atoms with Crippen LogP contribution >= 0.6 is 11.6 Å². The van der Waals surface area contributed by atoms with Crippen molar-refractivity contribution in [2.45, 2.75) is 25.2 Å². The summed E-state index contributed by atoms with van der Waals surface area (Å²) >= 11 is 6.02. The molecule has 0 saturated heterocycles. The average molecular weight is 343 g/mol. The van der Waals surface area contributed by atoms with E-state index >= 15 is 0 Å². The standard InChI is InChI=1S/C18H15ClN2O3/c1-11-4-5-12(19)9-13(11)20-17(22)18(6-7-18)16-10-15(24-21-16)14-3-2-8-23-14/h2-5,8-10H,6-7H2,1H3,(H,20,22). The van der Waals surface area contributed by atoms with Gasteiger partial charge in [-0.1, -0.05) is 22.8 Å². The number of nitrogens with zero attached hydrogens (tertiary/aromatic N) is 1. The lowest BCUT2D eigenvalue weighted by molar-refractivity contribution is -0.118. The maximum absolute atomic E-state index is 12.8. The number of nitrogens with one attached hydrogen (secondary N) is 1. The monoisotopic (exact) mass is 342 g/mol. The van der Waals surface area contributed by atoms with Crippen molar-refractivity contribution in [3.05, 3.63) is 58.9 Å². The van der Waals surface area contributed by atoms with Gasteiger partial charge in [-0.15, -0.1) is 0 Å². The number of anilines is 1. The van der Waals surface area contributed by atoms with Crippen LogP contribution in [0.15, 0.2) is 51.6 Å². The number of halogens is 1. The molecule has 122 valence electrons. The van der Waals surface area contributed by atoms with Crippen LogP contribution in [0.4, 0.5) is 5.69 Å². The Kier molecular flexibility index (Phi) is 3.46. The molecular formula is C18H15ClN2O3. The Hall–Kier alpha value is -2.53. The molecule has 2 heterocycles. The van der Waals surface area contributed by atoms with Crippen LogP contribution in [0.1, 0.15) is 24.1 Å². The molecule has 1 aliphatic rings. The van der Waals surface area contributed by atoms with Crippen LogP contribution in [0.25, 0.3) is 11.5 Å². The summed E-state index contributed by atoms with van der Waals surface area (Å²) in [5.74, 6) is 1.02. The van der Waals surface area contributed by atoms with E-state index in [1.54, 1.807) is 36.6 Å². The highest BCUT2D eigenvalue weighted by Crippen LogP contribution is 2.49. The average Bonchev–Trinajstić information content (AvgIpc) is 3.00. The lowest BCUT2D eigenvalue weighted by Gasteiger charge is -2.14. The molecule has 0 spiro atoms. The van der Waals surface area contributed by atoms with Gasteiger partial charge in [-0.2, -0.15) is 0 Å². The number of furan rings is 1. The van der Waals surface area contributed by atoms with Gasteiger partial charge in [0.1, 0.15) is 0 Å². The van der Waals surface area contributed by atoms with E-state index in [4.69, 9.17) is 20.5 Å². The van der Waals surface area contributed by atoms with Crippen molar-refractivity contribution in [1.29, 1.82) is 0 Å². The van der Waals surface area contributed by atoms with Crippen molar-refractivity contribution in [3.8, 4) is 11.5 Å². The zero-order valence-electron chi connectivity index (χ0n) is 13.0. The van der Waals surface area contributed by atoms with E-state index in [1.807, 2.05) is 13.0 Å². The molecule has 1 N–H and O–H groups in total. The number of hydrogen-bond donors (Lipinski definition) is 1. The number of carbonyl (C=O) groups is 1. The topological polar surface area (TPSA) is 68.3 Å². The largest absolute Gasteiger partial charge is 0.461 e. The Morgan fingerprint density at radius 2 is 2.08 bits per heavy atom. The van der Waals surface area contributed by atoms with Gasteiger partial charge in [0.15, 0.2) is 5.76 Å². The lowest BCUT2D eigenvalue weighted by atomic mass is 10.0. The quantitative estimate of drug-likeness (QED) is 0.754. The van der Waals surface area contributed by atoms with Gasteiger partial charge in [0, 0.05) is 16.8 Å². The van der Waals surface area contributed by atoms with Crippen LogP contribution in [0.5, 0.6) is 0 Å². The van der Waals surface area contributed by atoms with Crippen molar-refractivity contribution in [1.82, 2.24) is 5.16 Å². The number of benzene rings is 1. The summed E-state index contributed by atoms with van der Waals surface area (Å²) < 4.78 is 10.6. The highest BCUT2D eigenvalue weighted by molar-refractivity contribution is 6.31. The summed E-state index contributed by atoms with van der Waals surface area (Å²) in [4.78, 5) is 12.8. The Morgan fingerprint density at radius 3 is 2.79 bits per heavy atom. The molecule has 1 aromatic carbocycles. The summed E-state index contributed by atoms with van der Waals surface area (Å²) in [5.41, 5.74) is 1.67. The molecule has 6 heteroatoms. The number of rotatable bonds is 4. The van der Waals surface area contributed by atoms with Crippen LogP contribution < -0.4 is 5.32 Å². The van der Waals surface area contributed by atoms with Gasteiger partial charge in [-0.3, -0.25) is 4.79 Å². The van der Waals surface area contributed by atoms with Crippen molar-refractivity contribution in [2.24, 2.45) is 0 Å². The van der Waals surface area contributed by atoms with Gasteiger partial charge in [-0.05, 0) is 49.6 Å². The Morgan fingerprint density at radius 1 is 1.25 bits per heavy atom. The molecule has 4 rings (SSSR count). The molecule has 0 atom stereocenters. The molecule has 1 fully saturated rings. The van der Waals surface area contributed by atoms with E-state index in [-0.39, 0.29) is 5.91 Å². The molecule has 0 unspecified atom stereocenters. The molecule has 0 bridgehead atoms. The first-order chi connectivity index (χ1) is 11.6. The number of carbonyl (C=O) groups excluding carboxylic acids is 1. The second kappa shape index (κ2) is 5.53. The van der Waals surface area contributed by atoms with Crippen LogP contribution in [0, 0.1) is 6.92 Å². The summed E-state index contributed by atoms with van der Waals surface area (Å²) in [6.45, 7) is 1.93. The third-order valence-electron chi connectivity index (χ3n) is 4.40. The molecule has 0 radical (unpaired) electrons. The fourth-order valence-corrected chi connectivity index (χ4v) is 2.90. The van der Waals surface area contributed by atoms with E-state index in [0.29, 0.717) is 27.9 Å². The predicted molar refractivity (Wildman–Crippen MR) is 89.9 cm³/mol. The molecule has 24 heavy (non-hydrogen) atoms. The molecule has 1 saturated carbocycles. The number of amides is 1. The Balaban J connectivity index is 1.59. The first-order valence-corrected chi connectivity index (χ1v) is 8.05. The fraction of sp³-hybridized carbons (Fsp3) is 0.222. The number of aromatic nitrogens is 1. The normalized spacial score (nSPS) is 15.2. The van der Waals surface area contributed by atoms with Crippen molar-refractivity contribution in [3.63, 3.8) is 0 Å². The summed E-state index contributed by atoms with van der Waals surface area (Å²) in [6.07, 6.45) is 3.05. The first-order valence-electron chi connectivity index (χ1n) is 7.67. The van der Waals surface area contributed by atoms with Gasteiger partial charge >= 0.3 is 0 Å². The maximum Gasteiger partial charge on any atom is 0.236 e. The minimum atomic E-state index is -0.636. The van der Waals surface area contributed by atoms with E-state index < -0.39 is 5.41 Å². The van der Waals surface area contributed by atoms with Crippen molar-refractivity contribution < 1.29 is 13.7 Å². The Bertz CT molecular complexity index is 895. The van der Waals surface area contributed by atoms with E-state index in [9.17, 15) is 4.79 Å². The summed E-state index contributed by atoms with van der Waals surface area (Å²) in [7, 11) is 0. The minimum absolute atomic E-state index is 0.0906. The zero-order valence-corrected chi connectivity index (χ0v) is 13.8. The van der Waals surface area contributed by atoms with E-state index in [1.165, 1.54) is 0 Å². The molecule has 1 aliphatic carbocycles. The van der Waals surface area contributed by atoms with Gasteiger partial charge in [0.2, 0.25) is 11.7 Å². The molecule has 2 aromatic heterocycles. The Labute approximate surface area is 143 Å². The SMILES string of the molecule is Cc1ccc(Cl)cc1NC(=O)C1(c2cc(-c3ccco3)on2)CC1. The van der Waals surface area contributed by atoms with Gasteiger partial charge in [0.25, 0.3) is 0 Å². The van der Waals surface area contributed by atoms with Crippen LogP contribution in [0.3, 0.4) is 0 Å². The third-order valence-corrected chi connectivity index (χ3v) is 4.63. The van der Waals surface area contributed by atoms with Crippen LogP contribution in [-0.2, 0) is 10.2 Å². The smallest absolute Gasteiger partial charge is 0.236 e. The van der Waals surface area contributed by atoms with Gasteiger partial charge in [0.05, 0.1) is 17.4 Å². The van der Waals surface area contributed by atoms with Crippen molar-refractivity contribution in [2.75, 3.05) is 5.32 Å².